The van der Waals surface area contributed by atoms with E-state index in [0.717, 1.165) is 15.4 Å². The number of hydrogen-bond donors (Lipinski definition) is 0. The molecule has 0 aliphatic heterocycles. The van der Waals surface area contributed by atoms with E-state index in [4.69, 9.17) is 9.47 Å². The van der Waals surface area contributed by atoms with E-state index in [1.165, 1.54) is 0 Å². The third-order valence-electron chi connectivity index (χ3n) is 2.27. The van der Waals surface area contributed by atoms with Crippen molar-refractivity contribution < 1.29 is 9.47 Å². The predicted molar refractivity (Wildman–Crippen MR) is 70.8 cm³/mol. The molecule has 90 valence electrons. The molecule has 0 N–H and O–H groups in total. The molecule has 1 aromatic rings. The fraction of sp³-hybridized carbons (Fsp3) is 0.545. The van der Waals surface area contributed by atoms with Crippen molar-refractivity contribution in [1.82, 2.24) is 4.98 Å². The van der Waals surface area contributed by atoms with E-state index in [2.05, 4.69) is 36.8 Å². The van der Waals surface area contributed by atoms with Gasteiger partial charge in [-0.05, 0) is 51.8 Å². The Labute approximate surface area is 113 Å². The molecular formula is C11H15Br2NO2. The zero-order valence-electron chi connectivity index (χ0n) is 9.59. The zero-order valence-corrected chi connectivity index (χ0v) is 12.8. The normalized spacial score (nSPS) is 11.6. The van der Waals surface area contributed by atoms with Crippen LogP contribution in [0.3, 0.4) is 0 Å². The summed E-state index contributed by atoms with van der Waals surface area (Å²) in [6, 6.07) is 1.91. The highest BCUT2D eigenvalue weighted by molar-refractivity contribution is 9.11. The van der Waals surface area contributed by atoms with Crippen molar-refractivity contribution in [2.45, 2.75) is 25.9 Å². The summed E-state index contributed by atoms with van der Waals surface area (Å²) >= 11 is 6.74. The van der Waals surface area contributed by atoms with Gasteiger partial charge in [-0.15, -0.1) is 0 Å². The standard InChI is InChI=1S/C11H15Br2NO2/c1-11(2,15-3)4-5-16-10-9(13)6-8(12)7-14-10/h6-7H,4-5H2,1-3H3. The molecule has 0 radical (unpaired) electrons. The summed E-state index contributed by atoms with van der Waals surface area (Å²) in [5.41, 5.74) is -0.165. The Morgan fingerprint density at radius 2 is 2.06 bits per heavy atom. The van der Waals surface area contributed by atoms with Crippen molar-refractivity contribution in [3.63, 3.8) is 0 Å². The van der Waals surface area contributed by atoms with Crippen molar-refractivity contribution in [1.29, 1.82) is 0 Å². The van der Waals surface area contributed by atoms with Gasteiger partial charge in [0.2, 0.25) is 5.88 Å². The summed E-state index contributed by atoms with van der Waals surface area (Å²) in [7, 11) is 1.70. The molecule has 0 aliphatic carbocycles. The van der Waals surface area contributed by atoms with Gasteiger partial charge < -0.3 is 9.47 Å². The lowest BCUT2D eigenvalue weighted by Crippen LogP contribution is -2.25. The molecule has 0 aromatic carbocycles. The van der Waals surface area contributed by atoms with E-state index in [1.807, 2.05) is 19.9 Å². The van der Waals surface area contributed by atoms with Gasteiger partial charge >= 0.3 is 0 Å². The van der Waals surface area contributed by atoms with Gasteiger partial charge in [-0.3, -0.25) is 0 Å². The van der Waals surface area contributed by atoms with Crippen molar-refractivity contribution in [3.05, 3.63) is 21.2 Å². The maximum Gasteiger partial charge on any atom is 0.228 e. The van der Waals surface area contributed by atoms with Crippen LogP contribution in [0.25, 0.3) is 0 Å². The molecule has 0 saturated heterocycles. The van der Waals surface area contributed by atoms with Gasteiger partial charge in [0.05, 0.1) is 16.7 Å². The van der Waals surface area contributed by atoms with Crippen LogP contribution < -0.4 is 4.74 Å². The van der Waals surface area contributed by atoms with Crippen molar-refractivity contribution in [2.24, 2.45) is 0 Å². The maximum absolute atomic E-state index is 5.57. The first-order valence-electron chi connectivity index (χ1n) is 4.93. The second-order valence-electron chi connectivity index (χ2n) is 4.00. The number of halogens is 2. The Balaban J connectivity index is 2.49. The Bertz CT molecular complexity index is 356. The first-order chi connectivity index (χ1) is 7.44. The number of ether oxygens (including phenoxy) is 2. The lowest BCUT2D eigenvalue weighted by molar-refractivity contribution is 0.00501. The minimum Gasteiger partial charge on any atom is -0.477 e. The highest BCUT2D eigenvalue weighted by Gasteiger charge is 2.16. The largest absolute Gasteiger partial charge is 0.477 e. The molecule has 1 rings (SSSR count). The van der Waals surface area contributed by atoms with Crippen molar-refractivity contribution in [3.8, 4) is 5.88 Å². The zero-order chi connectivity index (χ0) is 12.2. The first-order valence-corrected chi connectivity index (χ1v) is 6.52. The molecule has 5 heteroatoms. The van der Waals surface area contributed by atoms with Crippen LogP contribution in [0.5, 0.6) is 5.88 Å². The van der Waals surface area contributed by atoms with Crippen LogP contribution in [-0.4, -0.2) is 24.3 Å². The van der Waals surface area contributed by atoms with Gasteiger partial charge in [0.15, 0.2) is 0 Å². The fourth-order valence-corrected chi connectivity index (χ4v) is 2.11. The smallest absolute Gasteiger partial charge is 0.228 e. The second-order valence-corrected chi connectivity index (χ2v) is 5.77. The number of nitrogens with zero attached hydrogens (tertiary/aromatic N) is 1. The second kappa shape index (κ2) is 5.98. The fourth-order valence-electron chi connectivity index (χ4n) is 1.00. The van der Waals surface area contributed by atoms with Crippen LogP contribution in [0, 0.1) is 0 Å². The van der Waals surface area contributed by atoms with Gasteiger partial charge in [-0.2, -0.15) is 0 Å². The van der Waals surface area contributed by atoms with Crippen LogP contribution in [0.2, 0.25) is 0 Å². The first kappa shape index (κ1) is 13.9. The number of rotatable bonds is 5. The Morgan fingerprint density at radius 3 is 2.62 bits per heavy atom. The third-order valence-corrected chi connectivity index (χ3v) is 3.27. The van der Waals surface area contributed by atoms with Gasteiger partial charge in [-0.1, -0.05) is 0 Å². The minimum absolute atomic E-state index is 0.165. The molecule has 0 fully saturated rings. The van der Waals surface area contributed by atoms with Crippen LogP contribution >= 0.6 is 31.9 Å². The summed E-state index contributed by atoms with van der Waals surface area (Å²) in [4.78, 5) is 4.17. The lowest BCUT2D eigenvalue weighted by atomic mass is 10.1. The summed E-state index contributed by atoms with van der Waals surface area (Å²) in [6.07, 6.45) is 2.52. The lowest BCUT2D eigenvalue weighted by Gasteiger charge is -2.22. The third kappa shape index (κ3) is 4.39. The molecule has 0 spiro atoms. The highest BCUT2D eigenvalue weighted by Crippen LogP contribution is 2.26. The van der Waals surface area contributed by atoms with Crippen molar-refractivity contribution >= 4 is 31.9 Å². The molecule has 16 heavy (non-hydrogen) atoms. The molecule has 0 saturated carbocycles. The van der Waals surface area contributed by atoms with Crippen LogP contribution in [-0.2, 0) is 4.74 Å². The Hall–Kier alpha value is -0.130. The molecular weight excluding hydrogens is 338 g/mol. The van der Waals surface area contributed by atoms with E-state index in [9.17, 15) is 0 Å². The average molecular weight is 353 g/mol. The Kier molecular flexibility index (Phi) is 5.21. The number of methoxy groups -OCH3 is 1. The molecule has 0 bridgehead atoms. The summed E-state index contributed by atoms with van der Waals surface area (Å²) < 4.78 is 12.6. The topological polar surface area (TPSA) is 31.4 Å². The number of hydrogen-bond acceptors (Lipinski definition) is 3. The molecule has 3 nitrogen and oxygen atoms in total. The summed E-state index contributed by atoms with van der Waals surface area (Å²) in [6.45, 7) is 4.63. The summed E-state index contributed by atoms with van der Waals surface area (Å²) in [5, 5.41) is 0. The molecule has 0 atom stereocenters. The van der Waals surface area contributed by atoms with Crippen LogP contribution in [0.4, 0.5) is 0 Å². The quantitative estimate of drug-likeness (QED) is 0.807. The summed E-state index contributed by atoms with van der Waals surface area (Å²) in [5.74, 6) is 0.607. The Morgan fingerprint density at radius 1 is 1.38 bits per heavy atom. The van der Waals surface area contributed by atoms with Gasteiger partial charge in [0.25, 0.3) is 0 Å². The average Bonchev–Trinajstić information content (AvgIpc) is 2.21. The maximum atomic E-state index is 5.57. The van der Waals surface area contributed by atoms with Crippen LogP contribution in [0.1, 0.15) is 20.3 Å². The predicted octanol–water partition coefficient (Wildman–Crippen LogP) is 3.80. The van der Waals surface area contributed by atoms with E-state index >= 15 is 0 Å². The SMILES string of the molecule is COC(C)(C)CCOc1ncc(Br)cc1Br. The van der Waals surface area contributed by atoms with Crippen LogP contribution in [0.15, 0.2) is 21.2 Å². The molecule has 0 amide bonds. The molecule has 1 heterocycles. The van der Waals surface area contributed by atoms with E-state index < -0.39 is 0 Å². The van der Waals surface area contributed by atoms with Gasteiger partial charge in [0.1, 0.15) is 0 Å². The molecule has 0 aliphatic rings. The van der Waals surface area contributed by atoms with E-state index in [0.29, 0.717) is 12.5 Å². The molecule has 0 unspecified atom stereocenters. The van der Waals surface area contributed by atoms with Gasteiger partial charge in [0, 0.05) is 24.2 Å². The number of aromatic nitrogens is 1. The highest BCUT2D eigenvalue weighted by atomic mass is 79.9. The molecule has 1 aromatic heterocycles. The van der Waals surface area contributed by atoms with E-state index in [1.54, 1.807) is 13.3 Å². The minimum atomic E-state index is -0.165. The van der Waals surface area contributed by atoms with Gasteiger partial charge in [-0.25, -0.2) is 4.98 Å². The van der Waals surface area contributed by atoms with Crippen molar-refractivity contribution in [2.75, 3.05) is 13.7 Å². The monoisotopic (exact) mass is 351 g/mol. The number of pyridine rings is 1. The van der Waals surface area contributed by atoms with E-state index in [-0.39, 0.29) is 5.60 Å².